The van der Waals surface area contributed by atoms with E-state index in [2.05, 4.69) is 10.1 Å². The molecule has 1 aromatic heterocycles. The first kappa shape index (κ1) is 9.34. The number of nitriles is 1. The van der Waals surface area contributed by atoms with Crippen LogP contribution >= 0.6 is 0 Å². The molecule has 0 N–H and O–H groups in total. The number of nitrogens with zero attached hydrogens (tertiary/aromatic N) is 3. The van der Waals surface area contributed by atoms with Gasteiger partial charge in [0.05, 0.1) is 11.6 Å². The van der Waals surface area contributed by atoms with Crippen LogP contribution in [0.1, 0.15) is 11.4 Å². The van der Waals surface area contributed by atoms with Gasteiger partial charge in [0.1, 0.15) is 5.82 Å². The minimum Gasteiger partial charge on any atom is -0.334 e. The molecular weight excluding hydrogens is 197 g/mol. The van der Waals surface area contributed by atoms with Crippen molar-refractivity contribution in [3.05, 3.63) is 35.4 Å². The van der Waals surface area contributed by atoms with Crippen LogP contribution in [0.25, 0.3) is 11.5 Å². The van der Waals surface area contributed by atoms with Crippen molar-refractivity contribution in [2.75, 3.05) is 0 Å². The summed E-state index contributed by atoms with van der Waals surface area (Å²) in [5.41, 5.74) is 0.632. The zero-order chi connectivity index (χ0) is 10.8. The summed E-state index contributed by atoms with van der Waals surface area (Å²) in [5, 5.41) is 12.2. The molecule has 0 bridgehead atoms. The lowest BCUT2D eigenvalue weighted by atomic mass is 10.1. The smallest absolute Gasteiger partial charge is 0.258 e. The molecule has 0 fully saturated rings. The summed E-state index contributed by atoms with van der Waals surface area (Å²) in [6.45, 7) is 1.66. The number of hydrogen-bond donors (Lipinski definition) is 0. The highest BCUT2D eigenvalue weighted by Gasteiger charge is 2.08. The average molecular weight is 203 g/mol. The van der Waals surface area contributed by atoms with Crippen molar-refractivity contribution < 1.29 is 8.91 Å². The zero-order valence-corrected chi connectivity index (χ0v) is 7.86. The molecule has 2 aromatic rings. The van der Waals surface area contributed by atoms with Crippen molar-refractivity contribution in [3.8, 4) is 17.5 Å². The van der Waals surface area contributed by atoms with Crippen LogP contribution in [-0.2, 0) is 0 Å². The van der Waals surface area contributed by atoms with Crippen LogP contribution in [0, 0.1) is 24.1 Å². The van der Waals surface area contributed by atoms with E-state index in [9.17, 15) is 4.39 Å². The third-order valence-corrected chi connectivity index (χ3v) is 1.80. The molecule has 0 amide bonds. The van der Waals surface area contributed by atoms with E-state index in [1.54, 1.807) is 6.92 Å². The third-order valence-electron chi connectivity index (χ3n) is 1.80. The summed E-state index contributed by atoms with van der Waals surface area (Å²) in [7, 11) is 0. The first-order valence-corrected chi connectivity index (χ1v) is 4.20. The fourth-order valence-corrected chi connectivity index (χ4v) is 1.19. The van der Waals surface area contributed by atoms with Crippen LogP contribution in [0.15, 0.2) is 22.7 Å². The molecular formula is C10H6FN3O. The van der Waals surface area contributed by atoms with Gasteiger partial charge in [-0.15, -0.1) is 0 Å². The molecule has 74 valence electrons. The van der Waals surface area contributed by atoms with Crippen molar-refractivity contribution in [2.45, 2.75) is 6.92 Å². The van der Waals surface area contributed by atoms with Gasteiger partial charge in [-0.1, -0.05) is 5.16 Å². The number of aromatic nitrogens is 2. The van der Waals surface area contributed by atoms with Gasteiger partial charge in [-0.05, 0) is 25.1 Å². The van der Waals surface area contributed by atoms with E-state index in [1.807, 2.05) is 6.07 Å². The van der Waals surface area contributed by atoms with Crippen LogP contribution in [0.2, 0.25) is 0 Å². The number of benzene rings is 1. The normalized spacial score (nSPS) is 9.93. The molecule has 2 rings (SSSR count). The summed E-state index contributed by atoms with van der Waals surface area (Å²) in [5.74, 6) is 0.177. The number of hydrogen-bond acceptors (Lipinski definition) is 4. The third kappa shape index (κ3) is 1.83. The van der Waals surface area contributed by atoms with Crippen LogP contribution in [-0.4, -0.2) is 10.1 Å². The predicted molar refractivity (Wildman–Crippen MR) is 49.1 cm³/mol. The van der Waals surface area contributed by atoms with Crippen LogP contribution in [0.4, 0.5) is 4.39 Å². The predicted octanol–water partition coefficient (Wildman–Crippen LogP) is 2.06. The Hall–Kier alpha value is -2.22. The second-order valence-corrected chi connectivity index (χ2v) is 2.99. The van der Waals surface area contributed by atoms with Crippen molar-refractivity contribution in [1.29, 1.82) is 5.26 Å². The van der Waals surface area contributed by atoms with E-state index >= 15 is 0 Å². The monoisotopic (exact) mass is 203 g/mol. The number of halogens is 1. The number of rotatable bonds is 1. The minimum absolute atomic E-state index is 0.212. The van der Waals surface area contributed by atoms with Crippen molar-refractivity contribution in [1.82, 2.24) is 10.1 Å². The molecule has 0 saturated heterocycles. The van der Waals surface area contributed by atoms with Crippen molar-refractivity contribution in [2.24, 2.45) is 0 Å². The molecule has 4 nitrogen and oxygen atoms in total. The highest BCUT2D eigenvalue weighted by Crippen LogP contribution is 2.19. The molecule has 1 aromatic carbocycles. The Labute approximate surface area is 85.0 Å². The lowest BCUT2D eigenvalue weighted by molar-refractivity contribution is 0.425. The highest BCUT2D eigenvalue weighted by atomic mass is 19.1. The van der Waals surface area contributed by atoms with Crippen molar-refractivity contribution >= 4 is 0 Å². The van der Waals surface area contributed by atoms with Gasteiger partial charge in [0, 0.05) is 5.56 Å². The number of aryl methyl sites for hydroxylation is 1. The Kier molecular flexibility index (Phi) is 2.18. The summed E-state index contributed by atoms with van der Waals surface area (Å²) in [6.07, 6.45) is 0. The Balaban J connectivity index is 2.54. The highest BCUT2D eigenvalue weighted by molar-refractivity contribution is 5.56. The molecule has 5 heteroatoms. The maximum atomic E-state index is 13.1. The molecule has 0 spiro atoms. The fraction of sp³-hybridized carbons (Fsp3) is 0.100. The van der Waals surface area contributed by atoms with Gasteiger partial charge in [0.15, 0.2) is 5.82 Å². The standard InChI is InChI=1S/C10H6FN3O/c1-6-13-10(15-14-6)8-2-7(5-12)3-9(11)4-8/h2-4H,1H3. The largest absolute Gasteiger partial charge is 0.334 e. The minimum atomic E-state index is -0.500. The van der Waals surface area contributed by atoms with Gasteiger partial charge < -0.3 is 4.52 Å². The Morgan fingerprint density at radius 1 is 1.40 bits per heavy atom. The van der Waals surface area contributed by atoms with Crippen molar-refractivity contribution in [3.63, 3.8) is 0 Å². The van der Waals surface area contributed by atoms with E-state index in [0.29, 0.717) is 11.4 Å². The summed E-state index contributed by atoms with van der Waals surface area (Å²) in [4.78, 5) is 3.94. The van der Waals surface area contributed by atoms with Crippen LogP contribution in [0.3, 0.4) is 0 Å². The van der Waals surface area contributed by atoms with Crippen LogP contribution in [0.5, 0.6) is 0 Å². The van der Waals surface area contributed by atoms with Gasteiger partial charge in [0.25, 0.3) is 5.89 Å². The van der Waals surface area contributed by atoms with Gasteiger partial charge >= 0.3 is 0 Å². The fourth-order valence-electron chi connectivity index (χ4n) is 1.19. The molecule has 0 saturated carbocycles. The Morgan fingerprint density at radius 3 is 2.80 bits per heavy atom. The van der Waals surface area contributed by atoms with E-state index in [1.165, 1.54) is 12.1 Å². The average Bonchev–Trinajstić information content (AvgIpc) is 2.64. The summed E-state index contributed by atoms with van der Waals surface area (Å²) in [6, 6.07) is 5.74. The quantitative estimate of drug-likeness (QED) is 0.711. The van der Waals surface area contributed by atoms with Gasteiger partial charge in [-0.3, -0.25) is 0 Å². The topological polar surface area (TPSA) is 62.7 Å². The molecule has 0 aliphatic rings. The van der Waals surface area contributed by atoms with E-state index < -0.39 is 5.82 Å². The lowest BCUT2D eigenvalue weighted by Crippen LogP contribution is -1.84. The van der Waals surface area contributed by atoms with E-state index in [4.69, 9.17) is 9.78 Å². The molecule has 15 heavy (non-hydrogen) atoms. The van der Waals surface area contributed by atoms with E-state index in [0.717, 1.165) is 6.07 Å². The molecule has 0 aliphatic carbocycles. The molecule has 0 aliphatic heterocycles. The SMILES string of the molecule is Cc1noc(-c2cc(F)cc(C#N)c2)n1. The van der Waals surface area contributed by atoms with Gasteiger partial charge in [-0.25, -0.2) is 4.39 Å². The second-order valence-electron chi connectivity index (χ2n) is 2.99. The molecule has 0 radical (unpaired) electrons. The maximum absolute atomic E-state index is 13.1. The first-order valence-electron chi connectivity index (χ1n) is 4.20. The van der Waals surface area contributed by atoms with E-state index in [-0.39, 0.29) is 11.5 Å². The Bertz CT molecular complexity index is 542. The summed E-state index contributed by atoms with van der Waals surface area (Å²) >= 11 is 0. The van der Waals surface area contributed by atoms with Gasteiger partial charge in [-0.2, -0.15) is 10.2 Å². The summed E-state index contributed by atoms with van der Waals surface area (Å²) < 4.78 is 17.9. The zero-order valence-electron chi connectivity index (χ0n) is 7.86. The van der Waals surface area contributed by atoms with Gasteiger partial charge in [0.2, 0.25) is 0 Å². The molecule has 0 unspecified atom stereocenters. The Morgan fingerprint density at radius 2 is 2.20 bits per heavy atom. The maximum Gasteiger partial charge on any atom is 0.258 e. The van der Waals surface area contributed by atoms with Crippen LogP contribution < -0.4 is 0 Å². The molecule has 1 heterocycles. The molecule has 0 atom stereocenters. The lowest BCUT2D eigenvalue weighted by Gasteiger charge is -1.95. The first-order chi connectivity index (χ1) is 7.19. The second kappa shape index (κ2) is 3.50.